The lowest BCUT2D eigenvalue weighted by molar-refractivity contribution is 0.210. The maximum Gasteiger partial charge on any atom is 0.263 e. The molecular weight excluding hydrogens is 292 g/mol. The van der Waals surface area contributed by atoms with Crippen LogP contribution >= 0.6 is 0 Å². The predicted octanol–water partition coefficient (Wildman–Crippen LogP) is 1.34. The Hall–Kier alpha value is -2.19. The number of sulfonamides is 1. The topological polar surface area (TPSA) is 93.2 Å². The van der Waals surface area contributed by atoms with Crippen LogP contribution in [0.15, 0.2) is 47.4 Å². The molecule has 2 rings (SSSR count). The summed E-state index contributed by atoms with van der Waals surface area (Å²) in [6, 6.07) is 11.3. The molecule has 0 atom stereocenters. The Labute approximate surface area is 123 Å². The lowest BCUT2D eigenvalue weighted by Gasteiger charge is -2.08. The Morgan fingerprint density at radius 2 is 1.71 bits per heavy atom. The Kier molecular flexibility index (Phi) is 5.07. The van der Waals surface area contributed by atoms with Crippen LogP contribution in [-0.4, -0.2) is 38.9 Å². The van der Waals surface area contributed by atoms with Crippen molar-refractivity contribution in [2.24, 2.45) is 0 Å². The number of nitrogens with one attached hydrogen (secondary N) is 2. The zero-order chi connectivity index (χ0) is 15.1. The molecule has 0 saturated heterocycles. The fourth-order valence-electron chi connectivity index (χ4n) is 1.56. The van der Waals surface area contributed by atoms with Crippen LogP contribution in [0.5, 0.6) is 0 Å². The van der Waals surface area contributed by atoms with Crippen molar-refractivity contribution in [3.8, 4) is 0 Å². The zero-order valence-electron chi connectivity index (χ0n) is 11.5. The van der Waals surface area contributed by atoms with Crippen LogP contribution in [0.2, 0.25) is 0 Å². The van der Waals surface area contributed by atoms with Gasteiger partial charge in [-0.2, -0.15) is 0 Å². The van der Waals surface area contributed by atoms with Crippen LogP contribution in [0.1, 0.15) is 0 Å². The lowest BCUT2D eigenvalue weighted by atomic mass is 10.4. The van der Waals surface area contributed by atoms with Crippen LogP contribution in [0.3, 0.4) is 0 Å². The highest BCUT2D eigenvalue weighted by Crippen LogP contribution is 2.14. The van der Waals surface area contributed by atoms with E-state index in [1.54, 1.807) is 37.4 Å². The van der Waals surface area contributed by atoms with E-state index in [9.17, 15) is 8.42 Å². The number of anilines is 2. The summed E-state index contributed by atoms with van der Waals surface area (Å²) in [5.74, 6) is 0.714. The Balaban J connectivity index is 2.03. The first kappa shape index (κ1) is 15.2. The number of ether oxygens (including phenoxy) is 1. The van der Waals surface area contributed by atoms with Gasteiger partial charge in [-0.1, -0.05) is 18.2 Å². The molecule has 0 fully saturated rings. The third-order valence-electron chi connectivity index (χ3n) is 2.57. The normalized spacial score (nSPS) is 11.1. The molecule has 0 unspecified atom stereocenters. The summed E-state index contributed by atoms with van der Waals surface area (Å²) < 4.78 is 31.4. The van der Waals surface area contributed by atoms with E-state index in [1.165, 1.54) is 12.1 Å². The van der Waals surface area contributed by atoms with Crippen LogP contribution < -0.4 is 10.0 Å². The minimum absolute atomic E-state index is 0.163. The van der Waals surface area contributed by atoms with E-state index < -0.39 is 10.0 Å². The summed E-state index contributed by atoms with van der Waals surface area (Å²) in [5.41, 5.74) is 0. The van der Waals surface area contributed by atoms with Gasteiger partial charge in [-0.15, -0.1) is 10.2 Å². The van der Waals surface area contributed by atoms with E-state index in [4.69, 9.17) is 4.74 Å². The molecule has 1 aromatic carbocycles. The quantitative estimate of drug-likeness (QED) is 0.750. The molecule has 0 aliphatic carbocycles. The maximum atomic E-state index is 12.1. The average molecular weight is 308 g/mol. The number of nitrogens with zero attached hydrogens (tertiary/aromatic N) is 2. The summed E-state index contributed by atoms with van der Waals surface area (Å²) in [4.78, 5) is 0.175. The standard InChI is InChI=1S/C13H16N4O3S/c1-20-10-9-14-12-7-8-13(16-15-12)17-21(18,19)11-5-3-2-4-6-11/h2-8H,9-10H2,1H3,(H,14,15)(H,16,17). The first-order valence-electron chi connectivity index (χ1n) is 6.26. The molecule has 0 spiro atoms. The van der Waals surface area contributed by atoms with E-state index in [0.29, 0.717) is 19.0 Å². The van der Waals surface area contributed by atoms with Crippen LogP contribution in [-0.2, 0) is 14.8 Å². The predicted molar refractivity (Wildman–Crippen MR) is 79.6 cm³/mol. The number of rotatable bonds is 7. The molecule has 1 aromatic heterocycles. The molecule has 2 aromatic rings. The molecule has 21 heavy (non-hydrogen) atoms. The SMILES string of the molecule is COCCNc1ccc(NS(=O)(=O)c2ccccc2)nn1. The molecule has 0 aliphatic rings. The highest BCUT2D eigenvalue weighted by atomic mass is 32.2. The maximum absolute atomic E-state index is 12.1. The van der Waals surface area contributed by atoms with Crippen molar-refractivity contribution in [3.63, 3.8) is 0 Å². The minimum atomic E-state index is -3.64. The third kappa shape index (κ3) is 4.40. The molecule has 2 N–H and O–H groups in total. The van der Waals surface area contributed by atoms with Crippen LogP contribution in [0.25, 0.3) is 0 Å². The molecule has 0 radical (unpaired) electrons. The molecule has 0 saturated carbocycles. The average Bonchev–Trinajstić information content (AvgIpc) is 2.50. The molecule has 0 aliphatic heterocycles. The number of aromatic nitrogens is 2. The molecule has 112 valence electrons. The highest BCUT2D eigenvalue weighted by Gasteiger charge is 2.14. The van der Waals surface area contributed by atoms with Crippen molar-refractivity contribution < 1.29 is 13.2 Å². The van der Waals surface area contributed by atoms with Crippen molar-refractivity contribution in [1.29, 1.82) is 0 Å². The molecule has 0 amide bonds. The van der Waals surface area contributed by atoms with Crippen molar-refractivity contribution in [2.45, 2.75) is 4.90 Å². The summed E-state index contributed by atoms with van der Waals surface area (Å²) in [7, 11) is -2.03. The Morgan fingerprint density at radius 3 is 2.33 bits per heavy atom. The van der Waals surface area contributed by atoms with Gasteiger partial charge in [0.1, 0.15) is 5.82 Å². The summed E-state index contributed by atoms with van der Waals surface area (Å²) in [6.07, 6.45) is 0. The summed E-state index contributed by atoms with van der Waals surface area (Å²) in [6.45, 7) is 1.14. The third-order valence-corrected chi connectivity index (χ3v) is 3.94. The van der Waals surface area contributed by atoms with Crippen molar-refractivity contribution in [3.05, 3.63) is 42.5 Å². The first-order chi connectivity index (χ1) is 10.1. The summed E-state index contributed by atoms with van der Waals surface area (Å²) in [5, 5.41) is 10.7. The Morgan fingerprint density at radius 1 is 1.05 bits per heavy atom. The largest absolute Gasteiger partial charge is 0.383 e. The van der Waals surface area contributed by atoms with Gasteiger partial charge in [0.2, 0.25) is 0 Å². The van der Waals surface area contributed by atoms with Crippen molar-refractivity contribution in [2.75, 3.05) is 30.3 Å². The lowest BCUT2D eigenvalue weighted by Crippen LogP contribution is -2.15. The van der Waals surface area contributed by atoms with Gasteiger partial charge >= 0.3 is 0 Å². The van der Waals surface area contributed by atoms with E-state index in [-0.39, 0.29) is 10.7 Å². The second-order valence-electron chi connectivity index (χ2n) is 4.14. The number of benzene rings is 1. The second kappa shape index (κ2) is 7.00. The van der Waals surface area contributed by atoms with E-state index >= 15 is 0 Å². The van der Waals surface area contributed by atoms with Gasteiger partial charge in [0.15, 0.2) is 5.82 Å². The molecule has 1 heterocycles. The molecule has 8 heteroatoms. The zero-order valence-corrected chi connectivity index (χ0v) is 12.3. The fraction of sp³-hybridized carbons (Fsp3) is 0.231. The summed E-state index contributed by atoms with van der Waals surface area (Å²) >= 11 is 0. The Bertz CT molecular complexity index is 660. The number of hydrogen-bond acceptors (Lipinski definition) is 6. The van der Waals surface area contributed by atoms with Gasteiger partial charge in [-0.25, -0.2) is 8.42 Å². The van der Waals surface area contributed by atoms with Gasteiger partial charge < -0.3 is 10.1 Å². The van der Waals surface area contributed by atoms with Gasteiger partial charge in [0.25, 0.3) is 10.0 Å². The second-order valence-corrected chi connectivity index (χ2v) is 5.82. The first-order valence-corrected chi connectivity index (χ1v) is 7.74. The van der Waals surface area contributed by atoms with Gasteiger partial charge in [0.05, 0.1) is 11.5 Å². The minimum Gasteiger partial charge on any atom is -0.383 e. The smallest absolute Gasteiger partial charge is 0.263 e. The molecule has 7 nitrogen and oxygen atoms in total. The van der Waals surface area contributed by atoms with E-state index in [0.717, 1.165) is 0 Å². The highest BCUT2D eigenvalue weighted by molar-refractivity contribution is 7.92. The van der Waals surface area contributed by atoms with Gasteiger partial charge in [0, 0.05) is 13.7 Å². The number of methoxy groups -OCH3 is 1. The van der Waals surface area contributed by atoms with Gasteiger partial charge in [-0.05, 0) is 24.3 Å². The van der Waals surface area contributed by atoms with E-state index in [2.05, 4.69) is 20.2 Å². The monoisotopic (exact) mass is 308 g/mol. The molecular formula is C13H16N4O3S. The van der Waals surface area contributed by atoms with Crippen LogP contribution in [0, 0.1) is 0 Å². The molecule has 0 bridgehead atoms. The number of hydrogen-bond donors (Lipinski definition) is 2. The fourth-order valence-corrected chi connectivity index (χ4v) is 2.58. The van der Waals surface area contributed by atoms with Crippen molar-refractivity contribution >= 4 is 21.7 Å². The van der Waals surface area contributed by atoms with Crippen LogP contribution in [0.4, 0.5) is 11.6 Å². The van der Waals surface area contributed by atoms with Gasteiger partial charge in [-0.3, -0.25) is 4.72 Å². The van der Waals surface area contributed by atoms with Crippen molar-refractivity contribution in [1.82, 2.24) is 10.2 Å². The van der Waals surface area contributed by atoms with E-state index in [1.807, 2.05) is 0 Å².